The number of esters is 2. The summed E-state index contributed by atoms with van der Waals surface area (Å²) in [5, 5.41) is 8.50. The number of carboxylic acid groups (broad SMARTS) is 1. The van der Waals surface area contributed by atoms with Gasteiger partial charge in [0.15, 0.2) is 0 Å². The first-order valence-electron chi connectivity index (χ1n) is 11.4. The van der Waals surface area contributed by atoms with E-state index >= 15 is 0 Å². The molecule has 0 rings (SSSR count). The lowest BCUT2D eigenvalue weighted by Crippen LogP contribution is -2.15. The normalized spacial score (nSPS) is 10.8. The summed E-state index contributed by atoms with van der Waals surface area (Å²) in [6.45, 7) is 5.69. The van der Waals surface area contributed by atoms with Crippen LogP contribution in [0.15, 0.2) is 0 Å². The van der Waals surface area contributed by atoms with Gasteiger partial charge in [-0.3, -0.25) is 14.4 Å². The molecule has 10 heteroatoms. The molecule has 0 radical (unpaired) electrons. The summed E-state index contributed by atoms with van der Waals surface area (Å²) in [6.07, 6.45) is 4.69. The van der Waals surface area contributed by atoms with E-state index < -0.39 is 5.97 Å². The van der Waals surface area contributed by atoms with E-state index in [2.05, 4.69) is 6.92 Å². The first-order valence-corrected chi connectivity index (χ1v) is 11.4. The van der Waals surface area contributed by atoms with Gasteiger partial charge in [-0.25, -0.2) is 0 Å². The van der Waals surface area contributed by atoms with Crippen LogP contribution in [-0.4, -0.2) is 89.1 Å². The Bertz CT molecular complexity index is 470. The van der Waals surface area contributed by atoms with E-state index in [1.54, 1.807) is 0 Å². The van der Waals surface area contributed by atoms with Crippen molar-refractivity contribution in [1.29, 1.82) is 0 Å². The molecule has 0 aromatic carbocycles. The zero-order valence-corrected chi connectivity index (χ0v) is 19.3. The Balaban J connectivity index is 3.18. The number of hydrogen-bond acceptors (Lipinski definition) is 9. The molecule has 0 fully saturated rings. The van der Waals surface area contributed by atoms with Crippen molar-refractivity contribution < 1.29 is 47.9 Å². The molecule has 0 aromatic heterocycles. The van der Waals surface area contributed by atoms with E-state index in [-0.39, 0.29) is 44.6 Å². The minimum Gasteiger partial charge on any atom is -0.481 e. The van der Waals surface area contributed by atoms with Crippen molar-refractivity contribution in [2.45, 2.75) is 58.3 Å². The number of carboxylic acids is 1. The third-order valence-corrected chi connectivity index (χ3v) is 4.10. The van der Waals surface area contributed by atoms with Gasteiger partial charge in [0.1, 0.15) is 13.2 Å². The molecule has 32 heavy (non-hydrogen) atoms. The Morgan fingerprint density at radius 2 is 0.875 bits per heavy atom. The van der Waals surface area contributed by atoms with Crippen LogP contribution < -0.4 is 0 Å². The smallest absolute Gasteiger partial charge is 0.305 e. The van der Waals surface area contributed by atoms with Crippen molar-refractivity contribution in [1.82, 2.24) is 0 Å². The van der Waals surface area contributed by atoms with E-state index in [0.717, 1.165) is 19.3 Å². The minimum absolute atomic E-state index is 0.0626. The highest BCUT2D eigenvalue weighted by Gasteiger charge is 2.04. The standard InChI is InChI=1S/C22H40O10/c1-2-3-4-8-21(25)31-18-16-29-14-12-27-10-11-28-13-15-30-17-19-32-22(26)9-6-5-7-20(23)24/h2-19H2,1H3,(H,23,24). The highest BCUT2D eigenvalue weighted by atomic mass is 16.6. The number of unbranched alkanes of at least 4 members (excludes halogenated alkanes) is 3. The summed E-state index contributed by atoms with van der Waals surface area (Å²) in [4.78, 5) is 33.1. The predicted octanol–water partition coefficient (Wildman–Crippen LogP) is 2.36. The fourth-order valence-corrected chi connectivity index (χ4v) is 2.40. The van der Waals surface area contributed by atoms with Crippen LogP contribution in [0.3, 0.4) is 0 Å². The Kier molecular flexibility index (Phi) is 22.6. The van der Waals surface area contributed by atoms with Crippen LogP contribution in [0.1, 0.15) is 58.3 Å². The molecular formula is C22H40O10. The van der Waals surface area contributed by atoms with Crippen LogP contribution in [0.4, 0.5) is 0 Å². The number of rotatable bonds is 24. The van der Waals surface area contributed by atoms with Crippen LogP contribution >= 0.6 is 0 Å². The number of carbonyl (C=O) groups excluding carboxylic acids is 2. The van der Waals surface area contributed by atoms with Crippen molar-refractivity contribution in [2.75, 3.05) is 66.1 Å². The zero-order valence-electron chi connectivity index (χ0n) is 19.3. The van der Waals surface area contributed by atoms with E-state index in [0.29, 0.717) is 65.5 Å². The molecule has 0 aliphatic carbocycles. The van der Waals surface area contributed by atoms with Gasteiger partial charge in [-0.05, 0) is 19.3 Å². The summed E-state index contributed by atoms with van der Waals surface area (Å²) in [5.74, 6) is -1.39. The lowest BCUT2D eigenvalue weighted by atomic mass is 10.2. The Labute approximate surface area is 190 Å². The van der Waals surface area contributed by atoms with Crippen molar-refractivity contribution in [2.24, 2.45) is 0 Å². The first-order chi connectivity index (χ1) is 15.6. The van der Waals surface area contributed by atoms with E-state index in [4.69, 9.17) is 33.5 Å². The van der Waals surface area contributed by atoms with Gasteiger partial charge in [-0.2, -0.15) is 0 Å². The van der Waals surface area contributed by atoms with Crippen molar-refractivity contribution >= 4 is 17.9 Å². The largest absolute Gasteiger partial charge is 0.481 e. The number of carbonyl (C=O) groups is 3. The second-order valence-corrected chi connectivity index (χ2v) is 6.95. The number of ether oxygens (including phenoxy) is 6. The lowest BCUT2D eigenvalue weighted by Gasteiger charge is -2.08. The van der Waals surface area contributed by atoms with Gasteiger partial charge in [-0.15, -0.1) is 0 Å². The van der Waals surface area contributed by atoms with Crippen LogP contribution in [0.5, 0.6) is 0 Å². The molecule has 0 atom stereocenters. The molecule has 0 spiro atoms. The fourth-order valence-electron chi connectivity index (χ4n) is 2.40. The van der Waals surface area contributed by atoms with E-state index in [9.17, 15) is 14.4 Å². The van der Waals surface area contributed by atoms with Gasteiger partial charge < -0.3 is 33.5 Å². The highest BCUT2D eigenvalue weighted by Crippen LogP contribution is 2.01. The van der Waals surface area contributed by atoms with Gasteiger partial charge in [0.05, 0.1) is 52.9 Å². The van der Waals surface area contributed by atoms with E-state index in [1.807, 2.05) is 0 Å². The monoisotopic (exact) mass is 464 g/mol. The maximum absolute atomic E-state index is 11.4. The number of hydrogen-bond donors (Lipinski definition) is 1. The highest BCUT2D eigenvalue weighted by molar-refractivity contribution is 5.70. The molecule has 1 N–H and O–H groups in total. The van der Waals surface area contributed by atoms with Crippen LogP contribution in [0, 0.1) is 0 Å². The van der Waals surface area contributed by atoms with E-state index in [1.165, 1.54) is 0 Å². The molecule has 0 aromatic rings. The van der Waals surface area contributed by atoms with Gasteiger partial charge in [0, 0.05) is 19.3 Å². The van der Waals surface area contributed by atoms with Crippen molar-refractivity contribution in [3.05, 3.63) is 0 Å². The Hall–Kier alpha value is -1.75. The Morgan fingerprint density at radius 1 is 0.531 bits per heavy atom. The predicted molar refractivity (Wildman–Crippen MR) is 115 cm³/mol. The summed E-state index contributed by atoms with van der Waals surface area (Å²) < 4.78 is 31.4. The maximum Gasteiger partial charge on any atom is 0.305 e. The summed E-state index contributed by atoms with van der Waals surface area (Å²) in [7, 11) is 0. The van der Waals surface area contributed by atoms with Crippen molar-refractivity contribution in [3.63, 3.8) is 0 Å². The van der Waals surface area contributed by atoms with Crippen molar-refractivity contribution in [3.8, 4) is 0 Å². The molecule has 0 bridgehead atoms. The van der Waals surface area contributed by atoms with Crippen LogP contribution in [0.25, 0.3) is 0 Å². The second-order valence-electron chi connectivity index (χ2n) is 6.95. The van der Waals surface area contributed by atoms with Gasteiger partial charge in [0.2, 0.25) is 0 Å². The maximum atomic E-state index is 11.4. The summed E-state index contributed by atoms with van der Waals surface area (Å²) >= 11 is 0. The van der Waals surface area contributed by atoms with Gasteiger partial charge in [0.25, 0.3) is 0 Å². The quantitative estimate of drug-likeness (QED) is 0.168. The molecule has 0 aliphatic rings. The lowest BCUT2D eigenvalue weighted by molar-refractivity contribution is -0.146. The SMILES string of the molecule is CCCCCC(=O)OCCOCCOCCOCCOCCOC(=O)CCCCC(=O)O. The molecule has 0 aliphatic heterocycles. The molecule has 0 heterocycles. The summed E-state index contributed by atoms with van der Waals surface area (Å²) in [5.41, 5.74) is 0. The minimum atomic E-state index is -0.862. The van der Waals surface area contributed by atoms with Crippen LogP contribution in [0.2, 0.25) is 0 Å². The molecule has 188 valence electrons. The third kappa shape index (κ3) is 24.5. The van der Waals surface area contributed by atoms with Gasteiger partial charge >= 0.3 is 17.9 Å². The fraction of sp³-hybridized carbons (Fsp3) is 0.864. The molecule has 0 saturated carbocycles. The molecule has 0 unspecified atom stereocenters. The first kappa shape index (κ1) is 30.2. The number of aliphatic carboxylic acids is 1. The average molecular weight is 465 g/mol. The second kappa shape index (κ2) is 23.9. The topological polar surface area (TPSA) is 127 Å². The molecule has 0 amide bonds. The zero-order chi connectivity index (χ0) is 23.7. The van der Waals surface area contributed by atoms with Gasteiger partial charge in [-0.1, -0.05) is 19.8 Å². The third-order valence-electron chi connectivity index (χ3n) is 4.10. The average Bonchev–Trinajstić information content (AvgIpc) is 2.76. The molecular weight excluding hydrogens is 424 g/mol. The molecule has 10 nitrogen and oxygen atoms in total. The molecule has 0 saturated heterocycles. The summed E-state index contributed by atoms with van der Waals surface area (Å²) in [6, 6.07) is 0. The Morgan fingerprint density at radius 3 is 1.25 bits per heavy atom. The van der Waals surface area contributed by atoms with Crippen LogP contribution in [-0.2, 0) is 42.8 Å².